The van der Waals surface area contributed by atoms with Crippen LogP contribution >= 0.6 is 0 Å². The van der Waals surface area contributed by atoms with E-state index >= 15 is 0 Å². The number of nitrogens with one attached hydrogen (secondary N) is 1. The summed E-state index contributed by atoms with van der Waals surface area (Å²) in [6, 6.07) is 4.49. The molecule has 0 aromatic carbocycles. The average Bonchev–Trinajstić information content (AvgIpc) is 2.75. The average molecular weight is 218 g/mol. The van der Waals surface area contributed by atoms with Gasteiger partial charge in [-0.3, -0.25) is 0 Å². The minimum Gasteiger partial charge on any atom is -0.314 e. The molecule has 0 aliphatic rings. The van der Waals surface area contributed by atoms with Crippen molar-refractivity contribution >= 4 is 5.65 Å². The SMILES string of the molecule is CCNC(CC)Cc1ccn2nccc2n1. The number of rotatable bonds is 5. The van der Waals surface area contributed by atoms with Crippen LogP contribution in [-0.2, 0) is 6.42 Å². The zero-order chi connectivity index (χ0) is 11.4. The number of hydrogen-bond donors (Lipinski definition) is 1. The third-order valence-electron chi connectivity index (χ3n) is 2.76. The standard InChI is InChI=1S/C12H18N4/c1-3-10(13-4-2)9-11-6-8-16-12(15-11)5-7-14-16/h5-8,10,13H,3-4,9H2,1-2H3. The van der Waals surface area contributed by atoms with Gasteiger partial charge in [0.2, 0.25) is 0 Å². The summed E-state index contributed by atoms with van der Waals surface area (Å²) in [4.78, 5) is 4.57. The van der Waals surface area contributed by atoms with E-state index in [1.54, 1.807) is 10.7 Å². The van der Waals surface area contributed by atoms with Crippen molar-refractivity contribution < 1.29 is 0 Å². The van der Waals surface area contributed by atoms with E-state index in [0.717, 1.165) is 30.7 Å². The van der Waals surface area contributed by atoms with Crippen LogP contribution in [-0.4, -0.2) is 27.2 Å². The number of hydrogen-bond acceptors (Lipinski definition) is 3. The summed E-state index contributed by atoms with van der Waals surface area (Å²) in [6.45, 7) is 5.34. The van der Waals surface area contributed by atoms with Crippen LogP contribution < -0.4 is 5.32 Å². The molecule has 4 nitrogen and oxygen atoms in total. The fourth-order valence-corrected chi connectivity index (χ4v) is 1.87. The molecule has 2 heterocycles. The van der Waals surface area contributed by atoms with Crippen LogP contribution in [0.2, 0.25) is 0 Å². The van der Waals surface area contributed by atoms with Crippen LogP contribution in [0.4, 0.5) is 0 Å². The van der Waals surface area contributed by atoms with Crippen molar-refractivity contribution in [2.24, 2.45) is 0 Å². The summed E-state index contributed by atoms with van der Waals surface area (Å²) in [5.41, 5.74) is 2.05. The van der Waals surface area contributed by atoms with Crippen LogP contribution in [0.1, 0.15) is 26.0 Å². The number of likely N-dealkylation sites (N-methyl/N-ethyl adjacent to an activating group) is 1. The van der Waals surface area contributed by atoms with E-state index in [-0.39, 0.29) is 0 Å². The Bertz CT molecular complexity index is 449. The molecule has 0 amide bonds. The van der Waals surface area contributed by atoms with Gasteiger partial charge in [-0.2, -0.15) is 5.10 Å². The minimum atomic E-state index is 0.517. The van der Waals surface area contributed by atoms with Gasteiger partial charge in [0.05, 0.1) is 6.20 Å². The fourth-order valence-electron chi connectivity index (χ4n) is 1.87. The Morgan fingerprint density at radius 3 is 3.00 bits per heavy atom. The van der Waals surface area contributed by atoms with E-state index in [1.807, 2.05) is 18.3 Å². The molecule has 0 bridgehead atoms. The first-order chi connectivity index (χ1) is 7.83. The molecule has 0 aliphatic heterocycles. The van der Waals surface area contributed by atoms with E-state index in [4.69, 9.17) is 0 Å². The molecule has 0 saturated carbocycles. The lowest BCUT2D eigenvalue weighted by Gasteiger charge is -2.14. The molecule has 0 saturated heterocycles. The molecule has 1 N–H and O–H groups in total. The molecular formula is C12H18N4. The molecule has 2 aromatic heterocycles. The molecule has 0 spiro atoms. The fraction of sp³-hybridized carbons (Fsp3) is 0.500. The predicted molar refractivity (Wildman–Crippen MR) is 64.4 cm³/mol. The molecule has 0 aliphatic carbocycles. The first kappa shape index (κ1) is 11.1. The summed E-state index contributed by atoms with van der Waals surface area (Å²) in [7, 11) is 0. The Morgan fingerprint density at radius 2 is 2.25 bits per heavy atom. The molecule has 4 heteroatoms. The van der Waals surface area contributed by atoms with Crippen LogP contribution in [0.15, 0.2) is 24.5 Å². The van der Waals surface area contributed by atoms with Gasteiger partial charge < -0.3 is 5.32 Å². The molecule has 2 aromatic rings. The van der Waals surface area contributed by atoms with E-state index in [9.17, 15) is 0 Å². The van der Waals surface area contributed by atoms with Gasteiger partial charge in [0.25, 0.3) is 0 Å². The maximum atomic E-state index is 4.57. The topological polar surface area (TPSA) is 42.2 Å². The molecule has 0 radical (unpaired) electrons. The Kier molecular flexibility index (Phi) is 3.51. The van der Waals surface area contributed by atoms with Gasteiger partial charge in [0.15, 0.2) is 5.65 Å². The summed E-state index contributed by atoms with van der Waals surface area (Å²) >= 11 is 0. The van der Waals surface area contributed by atoms with Gasteiger partial charge in [0, 0.05) is 30.4 Å². The zero-order valence-electron chi connectivity index (χ0n) is 9.85. The second-order valence-corrected chi connectivity index (χ2v) is 3.92. The quantitative estimate of drug-likeness (QED) is 0.830. The monoisotopic (exact) mass is 218 g/mol. The highest BCUT2D eigenvalue weighted by molar-refractivity contribution is 5.36. The first-order valence-corrected chi connectivity index (χ1v) is 5.86. The van der Waals surface area contributed by atoms with Crippen molar-refractivity contribution in [3.05, 3.63) is 30.2 Å². The smallest absolute Gasteiger partial charge is 0.155 e. The highest BCUT2D eigenvalue weighted by atomic mass is 15.2. The van der Waals surface area contributed by atoms with Crippen LogP contribution in [0.5, 0.6) is 0 Å². The van der Waals surface area contributed by atoms with Gasteiger partial charge in [-0.15, -0.1) is 0 Å². The van der Waals surface area contributed by atoms with E-state index in [1.165, 1.54) is 0 Å². The van der Waals surface area contributed by atoms with E-state index in [0.29, 0.717) is 6.04 Å². The normalized spacial score (nSPS) is 13.1. The van der Waals surface area contributed by atoms with E-state index in [2.05, 4.69) is 29.2 Å². The second-order valence-electron chi connectivity index (χ2n) is 3.92. The van der Waals surface area contributed by atoms with E-state index < -0.39 is 0 Å². The summed E-state index contributed by atoms with van der Waals surface area (Å²) in [6.07, 6.45) is 5.84. The predicted octanol–water partition coefficient (Wildman–Crippen LogP) is 1.66. The van der Waals surface area contributed by atoms with Crippen LogP contribution in [0.3, 0.4) is 0 Å². The largest absolute Gasteiger partial charge is 0.314 e. The third-order valence-corrected chi connectivity index (χ3v) is 2.76. The second kappa shape index (κ2) is 5.07. The molecule has 2 rings (SSSR count). The molecule has 1 atom stereocenters. The minimum absolute atomic E-state index is 0.517. The third kappa shape index (κ3) is 2.39. The highest BCUT2D eigenvalue weighted by Crippen LogP contribution is 2.05. The number of nitrogens with zero attached hydrogens (tertiary/aromatic N) is 3. The van der Waals surface area contributed by atoms with Crippen molar-refractivity contribution in [3.63, 3.8) is 0 Å². The Labute approximate surface area is 95.7 Å². The lowest BCUT2D eigenvalue weighted by Crippen LogP contribution is -2.30. The number of aromatic nitrogens is 3. The lowest BCUT2D eigenvalue weighted by atomic mass is 10.1. The maximum Gasteiger partial charge on any atom is 0.155 e. The Morgan fingerprint density at radius 1 is 1.38 bits per heavy atom. The Hall–Kier alpha value is -1.42. The van der Waals surface area contributed by atoms with Gasteiger partial charge in [-0.25, -0.2) is 9.50 Å². The van der Waals surface area contributed by atoms with Gasteiger partial charge in [0.1, 0.15) is 0 Å². The lowest BCUT2D eigenvalue weighted by molar-refractivity contribution is 0.505. The first-order valence-electron chi connectivity index (χ1n) is 5.86. The summed E-state index contributed by atoms with van der Waals surface area (Å²) < 4.78 is 1.79. The van der Waals surface area contributed by atoms with Crippen molar-refractivity contribution in [2.45, 2.75) is 32.7 Å². The van der Waals surface area contributed by atoms with Crippen molar-refractivity contribution in [1.29, 1.82) is 0 Å². The van der Waals surface area contributed by atoms with Crippen molar-refractivity contribution in [3.8, 4) is 0 Å². The van der Waals surface area contributed by atoms with Gasteiger partial charge >= 0.3 is 0 Å². The van der Waals surface area contributed by atoms with Gasteiger partial charge in [-0.1, -0.05) is 13.8 Å². The van der Waals surface area contributed by atoms with Crippen molar-refractivity contribution in [1.82, 2.24) is 19.9 Å². The Balaban J connectivity index is 2.13. The summed E-state index contributed by atoms with van der Waals surface area (Å²) in [5.74, 6) is 0. The molecule has 0 fully saturated rings. The highest BCUT2D eigenvalue weighted by Gasteiger charge is 2.07. The maximum absolute atomic E-state index is 4.57. The number of fused-ring (bicyclic) bond motifs is 1. The molecular weight excluding hydrogens is 200 g/mol. The molecule has 16 heavy (non-hydrogen) atoms. The van der Waals surface area contributed by atoms with Gasteiger partial charge in [-0.05, 0) is 19.0 Å². The molecule has 1 unspecified atom stereocenters. The van der Waals surface area contributed by atoms with Crippen LogP contribution in [0.25, 0.3) is 5.65 Å². The van der Waals surface area contributed by atoms with Crippen LogP contribution in [0, 0.1) is 0 Å². The zero-order valence-corrected chi connectivity index (χ0v) is 9.85. The van der Waals surface area contributed by atoms with Crippen molar-refractivity contribution in [2.75, 3.05) is 6.54 Å². The molecule has 86 valence electrons. The summed E-state index contributed by atoms with van der Waals surface area (Å²) in [5, 5.41) is 7.59.